The number of benzene rings is 1. The summed E-state index contributed by atoms with van der Waals surface area (Å²) in [5, 5.41) is 5.52. The number of hydrogen-bond acceptors (Lipinski definition) is 4. The predicted octanol–water partition coefficient (Wildman–Crippen LogP) is 2.34. The van der Waals surface area contributed by atoms with Crippen molar-refractivity contribution in [3.05, 3.63) is 47.9 Å². The molecule has 1 heterocycles. The first-order valence-corrected chi connectivity index (χ1v) is 6.98. The maximum atomic E-state index is 11.6. The number of ether oxygens (including phenoxy) is 2. The van der Waals surface area contributed by atoms with Crippen LogP contribution in [0.1, 0.15) is 11.3 Å². The number of urea groups is 1. The molecule has 1 aromatic carbocycles. The molecule has 0 radical (unpaired) electrons. The van der Waals surface area contributed by atoms with Crippen molar-refractivity contribution in [2.24, 2.45) is 0 Å². The molecule has 6 nitrogen and oxygen atoms in total. The van der Waals surface area contributed by atoms with Crippen LogP contribution in [0.5, 0.6) is 11.5 Å². The van der Waals surface area contributed by atoms with Crippen molar-refractivity contribution in [1.29, 1.82) is 0 Å². The molecule has 0 bridgehead atoms. The third kappa shape index (κ3) is 4.44. The number of carbonyl (C=O) groups is 1. The zero-order valence-electron chi connectivity index (χ0n) is 12.7. The summed E-state index contributed by atoms with van der Waals surface area (Å²) in [5.74, 6) is 2.09. The largest absolute Gasteiger partial charge is 0.493 e. The lowest BCUT2D eigenvalue weighted by molar-refractivity contribution is 0.239. The van der Waals surface area contributed by atoms with Crippen LogP contribution in [0.4, 0.5) is 4.79 Å². The number of nitrogens with one attached hydrogen (secondary N) is 2. The van der Waals surface area contributed by atoms with E-state index in [0.29, 0.717) is 31.0 Å². The SMILES string of the molecule is COc1ccc(CCNC(=O)NCc2ccco2)cc1OC. The van der Waals surface area contributed by atoms with Gasteiger partial charge in [0.2, 0.25) is 0 Å². The van der Waals surface area contributed by atoms with Gasteiger partial charge in [-0.15, -0.1) is 0 Å². The van der Waals surface area contributed by atoms with Gasteiger partial charge in [0.1, 0.15) is 5.76 Å². The van der Waals surface area contributed by atoms with Gasteiger partial charge in [0.15, 0.2) is 11.5 Å². The van der Waals surface area contributed by atoms with E-state index >= 15 is 0 Å². The van der Waals surface area contributed by atoms with E-state index in [1.165, 1.54) is 0 Å². The number of amides is 2. The lowest BCUT2D eigenvalue weighted by Gasteiger charge is -2.10. The molecule has 2 N–H and O–H groups in total. The Morgan fingerprint density at radius 2 is 1.95 bits per heavy atom. The average molecular weight is 304 g/mol. The Morgan fingerprint density at radius 3 is 2.64 bits per heavy atom. The summed E-state index contributed by atoms with van der Waals surface area (Å²) in [4.78, 5) is 11.6. The highest BCUT2D eigenvalue weighted by Gasteiger charge is 2.05. The molecule has 0 saturated heterocycles. The molecule has 0 aliphatic heterocycles. The van der Waals surface area contributed by atoms with E-state index in [1.54, 1.807) is 26.5 Å². The second kappa shape index (κ2) is 7.97. The summed E-state index contributed by atoms with van der Waals surface area (Å²) in [6.07, 6.45) is 2.28. The van der Waals surface area contributed by atoms with Crippen LogP contribution >= 0.6 is 0 Å². The molecule has 0 atom stereocenters. The van der Waals surface area contributed by atoms with Crippen LogP contribution in [0.15, 0.2) is 41.0 Å². The van der Waals surface area contributed by atoms with Gasteiger partial charge < -0.3 is 24.5 Å². The summed E-state index contributed by atoms with van der Waals surface area (Å²) in [6, 6.07) is 9.07. The summed E-state index contributed by atoms with van der Waals surface area (Å²) < 4.78 is 15.6. The van der Waals surface area contributed by atoms with Crippen LogP contribution in [-0.2, 0) is 13.0 Å². The van der Waals surface area contributed by atoms with Crippen molar-refractivity contribution in [2.75, 3.05) is 20.8 Å². The van der Waals surface area contributed by atoms with Crippen molar-refractivity contribution in [3.63, 3.8) is 0 Å². The molecule has 1 aromatic heterocycles. The average Bonchev–Trinajstić information content (AvgIpc) is 3.06. The molecule has 2 rings (SSSR count). The van der Waals surface area contributed by atoms with Crippen LogP contribution in [-0.4, -0.2) is 26.8 Å². The molecule has 118 valence electrons. The first-order valence-electron chi connectivity index (χ1n) is 6.98. The monoisotopic (exact) mass is 304 g/mol. The van der Waals surface area contributed by atoms with Crippen LogP contribution in [0.3, 0.4) is 0 Å². The number of furan rings is 1. The highest BCUT2D eigenvalue weighted by atomic mass is 16.5. The van der Waals surface area contributed by atoms with Gasteiger partial charge in [0.05, 0.1) is 27.0 Å². The van der Waals surface area contributed by atoms with Crippen molar-refractivity contribution < 1.29 is 18.7 Å². The second-order valence-corrected chi connectivity index (χ2v) is 4.63. The zero-order chi connectivity index (χ0) is 15.8. The Hall–Kier alpha value is -2.63. The molecule has 0 fully saturated rings. The summed E-state index contributed by atoms with van der Waals surface area (Å²) in [5.41, 5.74) is 1.06. The van der Waals surface area contributed by atoms with Crippen LogP contribution in [0.2, 0.25) is 0 Å². The van der Waals surface area contributed by atoms with E-state index in [-0.39, 0.29) is 6.03 Å². The van der Waals surface area contributed by atoms with E-state index in [4.69, 9.17) is 13.9 Å². The van der Waals surface area contributed by atoms with E-state index < -0.39 is 0 Å². The zero-order valence-corrected chi connectivity index (χ0v) is 12.7. The maximum absolute atomic E-state index is 11.6. The fourth-order valence-corrected chi connectivity index (χ4v) is 2.00. The van der Waals surface area contributed by atoms with Gasteiger partial charge in [-0.25, -0.2) is 4.79 Å². The lowest BCUT2D eigenvalue weighted by atomic mass is 10.1. The van der Waals surface area contributed by atoms with Gasteiger partial charge in [0, 0.05) is 6.54 Å². The third-order valence-corrected chi connectivity index (χ3v) is 3.15. The quantitative estimate of drug-likeness (QED) is 0.823. The van der Waals surface area contributed by atoms with E-state index in [9.17, 15) is 4.79 Å². The Kier molecular flexibility index (Phi) is 5.71. The molecular formula is C16H20N2O4. The van der Waals surface area contributed by atoms with Gasteiger partial charge in [-0.2, -0.15) is 0 Å². The van der Waals surface area contributed by atoms with E-state index in [2.05, 4.69) is 10.6 Å². The van der Waals surface area contributed by atoms with Crippen molar-refractivity contribution in [2.45, 2.75) is 13.0 Å². The normalized spacial score (nSPS) is 10.1. The lowest BCUT2D eigenvalue weighted by Crippen LogP contribution is -2.36. The third-order valence-electron chi connectivity index (χ3n) is 3.15. The summed E-state index contributed by atoms with van der Waals surface area (Å²) in [7, 11) is 3.20. The van der Waals surface area contributed by atoms with Crippen LogP contribution < -0.4 is 20.1 Å². The van der Waals surface area contributed by atoms with Crippen molar-refractivity contribution in [3.8, 4) is 11.5 Å². The van der Waals surface area contributed by atoms with Crippen LogP contribution in [0.25, 0.3) is 0 Å². The van der Waals surface area contributed by atoms with Crippen molar-refractivity contribution >= 4 is 6.03 Å². The molecule has 22 heavy (non-hydrogen) atoms. The van der Waals surface area contributed by atoms with Gasteiger partial charge in [-0.3, -0.25) is 0 Å². The van der Waals surface area contributed by atoms with Gasteiger partial charge in [0.25, 0.3) is 0 Å². The highest BCUT2D eigenvalue weighted by molar-refractivity contribution is 5.73. The molecule has 0 unspecified atom stereocenters. The Balaban J connectivity index is 1.74. The Labute approximate surface area is 129 Å². The number of carbonyl (C=O) groups excluding carboxylic acids is 1. The summed E-state index contributed by atoms with van der Waals surface area (Å²) >= 11 is 0. The maximum Gasteiger partial charge on any atom is 0.315 e. The number of hydrogen-bond donors (Lipinski definition) is 2. The molecule has 0 aliphatic rings. The second-order valence-electron chi connectivity index (χ2n) is 4.63. The fraction of sp³-hybridized carbons (Fsp3) is 0.312. The van der Waals surface area contributed by atoms with Gasteiger partial charge in [-0.05, 0) is 36.2 Å². The smallest absolute Gasteiger partial charge is 0.315 e. The molecule has 6 heteroatoms. The number of rotatable bonds is 7. The molecule has 2 amide bonds. The Morgan fingerprint density at radius 1 is 1.14 bits per heavy atom. The van der Waals surface area contributed by atoms with Gasteiger partial charge in [-0.1, -0.05) is 6.07 Å². The first-order chi connectivity index (χ1) is 10.7. The van der Waals surface area contributed by atoms with E-state index in [1.807, 2.05) is 24.3 Å². The van der Waals surface area contributed by atoms with Gasteiger partial charge >= 0.3 is 6.03 Å². The van der Waals surface area contributed by atoms with E-state index in [0.717, 1.165) is 11.3 Å². The van der Waals surface area contributed by atoms with Crippen LogP contribution in [0, 0.1) is 0 Å². The minimum absolute atomic E-state index is 0.225. The molecule has 0 saturated carbocycles. The molecule has 0 aliphatic carbocycles. The number of methoxy groups -OCH3 is 2. The molecule has 2 aromatic rings. The Bertz CT molecular complexity index is 596. The topological polar surface area (TPSA) is 72.7 Å². The first kappa shape index (κ1) is 15.8. The fourth-order valence-electron chi connectivity index (χ4n) is 2.00. The molecular weight excluding hydrogens is 284 g/mol. The molecule has 0 spiro atoms. The van der Waals surface area contributed by atoms with Crippen molar-refractivity contribution in [1.82, 2.24) is 10.6 Å². The minimum Gasteiger partial charge on any atom is -0.493 e. The highest BCUT2D eigenvalue weighted by Crippen LogP contribution is 2.27. The standard InChI is InChI=1S/C16H20N2O4/c1-20-14-6-5-12(10-15(14)21-2)7-8-17-16(19)18-11-13-4-3-9-22-13/h3-6,9-10H,7-8,11H2,1-2H3,(H2,17,18,19). The summed E-state index contributed by atoms with van der Waals surface area (Å²) in [6.45, 7) is 0.897. The minimum atomic E-state index is -0.225. The predicted molar refractivity (Wildman–Crippen MR) is 82.2 cm³/mol.